The van der Waals surface area contributed by atoms with Gasteiger partial charge < -0.3 is 0 Å². The number of fused-ring (bicyclic) bond motifs is 2. The van der Waals surface area contributed by atoms with E-state index in [9.17, 15) is 9.59 Å². The number of aryl methyl sites for hydroxylation is 1. The maximum Gasteiger partial charge on any atom is 0.181 e. The largest absolute Gasteiger partial charge is 0.294 e. The molecule has 4 nitrogen and oxygen atoms in total. The van der Waals surface area contributed by atoms with E-state index >= 15 is 0 Å². The number of hydrogen-bond acceptors (Lipinski definition) is 4. The van der Waals surface area contributed by atoms with Gasteiger partial charge in [-0.05, 0) is 49.8 Å². The highest BCUT2D eigenvalue weighted by Gasteiger charge is 2.27. The Balaban J connectivity index is 1.09. The first-order valence-electron chi connectivity index (χ1n) is 12.6. The standard InChI is InChI=1S/C31H30N2O2/c34-30(29-21-31(35)26-13-7-8-14-28(26)33-29)18-16-25-20-24-19-23(15-17-27(24)32-25)12-6-2-5-11-22-9-3-1-4-10-22/h1,3-4,7-10,13-15,17,19-21,24,26H,2,5-6,11-12,16,18H2. The lowest BCUT2D eigenvalue weighted by Gasteiger charge is -2.18. The Morgan fingerprint density at radius 2 is 1.69 bits per heavy atom. The summed E-state index contributed by atoms with van der Waals surface area (Å²) in [5.74, 6) is -0.320. The van der Waals surface area contributed by atoms with Crippen LogP contribution in [0.15, 0.2) is 112 Å². The molecular formula is C31H30N2O2. The fraction of sp³-hybridized carbons (Fsp3) is 0.290. The van der Waals surface area contributed by atoms with Crippen LogP contribution >= 0.6 is 0 Å². The van der Waals surface area contributed by atoms with E-state index in [4.69, 9.17) is 4.99 Å². The van der Waals surface area contributed by atoms with Crippen LogP contribution < -0.4 is 0 Å². The van der Waals surface area contributed by atoms with Gasteiger partial charge in [0.25, 0.3) is 0 Å². The van der Waals surface area contributed by atoms with Crippen LogP contribution in [0.1, 0.15) is 44.1 Å². The highest BCUT2D eigenvalue weighted by molar-refractivity contribution is 6.21. The average molecular weight is 463 g/mol. The molecule has 4 heteroatoms. The minimum Gasteiger partial charge on any atom is -0.294 e. The van der Waals surface area contributed by atoms with Crippen molar-refractivity contribution in [3.8, 4) is 0 Å². The quantitative estimate of drug-likeness (QED) is 0.387. The number of unbranched alkanes of at least 4 members (excludes halogenated alkanes) is 2. The molecule has 0 saturated carbocycles. The van der Waals surface area contributed by atoms with Crippen LogP contribution in [0.4, 0.5) is 0 Å². The van der Waals surface area contributed by atoms with Crippen LogP contribution in [0, 0.1) is 11.8 Å². The summed E-state index contributed by atoms with van der Waals surface area (Å²) in [6.45, 7) is 0. The second-order valence-electron chi connectivity index (χ2n) is 9.46. The third-order valence-corrected chi connectivity index (χ3v) is 6.85. The Labute approximate surface area is 207 Å². The number of aliphatic imine (C=N–C) groups is 2. The van der Waals surface area contributed by atoms with Crippen LogP contribution in [-0.2, 0) is 16.0 Å². The number of hydrogen-bond donors (Lipinski definition) is 0. The molecule has 2 unspecified atom stereocenters. The molecule has 1 aromatic rings. The van der Waals surface area contributed by atoms with Crippen LogP contribution in [0.5, 0.6) is 0 Å². The molecule has 0 fully saturated rings. The first kappa shape index (κ1) is 23.1. The summed E-state index contributed by atoms with van der Waals surface area (Å²) in [4.78, 5) is 34.2. The monoisotopic (exact) mass is 462 g/mol. The number of allylic oxidation sites excluding steroid dienone is 12. The lowest BCUT2D eigenvalue weighted by molar-refractivity contribution is -0.118. The summed E-state index contributed by atoms with van der Waals surface area (Å²) in [6.07, 6.45) is 24.2. The summed E-state index contributed by atoms with van der Waals surface area (Å²) < 4.78 is 0. The number of nitrogens with zero attached hydrogens (tertiary/aromatic N) is 2. The highest BCUT2D eigenvalue weighted by atomic mass is 16.1. The van der Waals surface area contributed by atoms with Crippen molar-refractivity contribution in [3.05, 3.63) is 108 Å². The second-order valence-corrected chi connectivity index (χ2v) is 9.46. The van der Waals surface area contributed by atoms with Gasteiger partial charge in [0.05, 0.1) is 17.3 Å². The molecule has 2 aliphatic heterocycles. The molecule has 2 heterocycles. The molecule has 2 atom stereocenters. The van der Waals surface area contributed by atoms with Crippen molar-refractivity contribution >= 4 is 23.0 Å². The summed E-state index contributed by atoms with van der Waals surface area (Å²) in [5, 5.41) is 0. The van der Waals surface area contributed by atoms with Crippen LogP contribution in [0.2, 0.25) is 0 Å². The Hall–Kier alpha value is -3.66. The molecule has 5 rings (SSSR count). The van der Waals surface area contributed by atoms with E-state index in [1.54, 1.807) is 6.08 Å². The normalized spacial score (nSPS) is 22.1. The number of benzene rings is 1. The summed E-state index contributed by atoms with van der Waals surface area (Å²) in [7, 11) is 0. The molecule has 1 aromatic carbocycles. The first-order valence-corrected chi connectivity index (χ1v) is 12.6. The minimum absolute atomic E-state index is 0.0758. The number of Topliss-reactive ketones (excluding diaryl/α,β-unsaturated/α-hetero) is 1. The zero-order valence-corrected chi connectivity index (χ0v) is 19.9. The number of carbonyl (C=O) groups is 2. The van der Waals surface area contributed by atoms with Gasteiger partial charge in [-0.2, -0.15) is 0 Å². The number of carbonyl (C=O) groups excluding carboxylic acids is 2. The van der Waals surface area contributed by atoms with Gasteiger partial charge >= 0.3 is 0 Å². The lowest BCUT2D eigenvalue weighted by atomic mass is 9.90. The average Bonchev–Trinajstić information content (AvgIpc) is 3.30. The van der Waals surface area contributed by atoms with Crippen molar-refractivity contribution in [2.45, 2.75) is 44.9 Å². The van der Waals surface area contributed by atoms with Gasteiger partial charge in [-0.3, -0.25) is 14.6 Å². The Kier molecular flexibility index (Phi) is 7.08. The molecule has 35 heavy (non-hydrogen) atoms. The van der Waals surface area contributed by atoms with Crippen LogP contribution in [-0.4, -0.2) is 23.0 Å². The van der Waals surface area contributed by atoms with Crippen molar-refractivity contribution in [3.63, 3.8) is 0 Å². The molecule has 176 valence electrons. The number of ketones is 2. The van der Waals surface area contributed by atoms with E-state index in [0.29, 0.717) is 18.6 Å². The third-order valence-electron chi connectivity index (χ3n) is 6.85. The maximum atomic E-state index is 12.7. The lowest BCUT2D eigenvalue weighted by Crippen LogP contribution is -2.26. The molecule has 0 radical (unpaired) electrons. The van der Waals surface area contributed by atoms with Crippen molar-refractivity contribution in [1.82, 2.24) is 0 Å². The molecule has 4 aliphatic rings. The Bertz CT molecular complexity index is 1250. The predicted molar refractivity (Wildman–Crippen MR) is 141 cm³/mol. The topological polar surface area (TPSA) is 58.9 Å². The molecule has 0 N–H and O–H groups in total. The van der Waals surface area contributed by atoms with Gasteiger partial charge in [0.15, 0.2) is 11.6 Å². The zero-order valence-electron chi connectivity index (χ0n) is 19.9. The van der Waals surface area contributed by atoms with Gasteiger partial charge in [-0.25, -0.2) is 4.99 Å². The van der Waals surface area contributed by atoms with Gasteiger partial charge in [0.1, 0.15) is 5.70 Å². The van der Waals surface area contributed by atoms with Gasteiger partial charge in [0, 0.05) is 24.1 Å². The van der Waals surface area contributed by atoms with Gasteiger partial charge in [0.2, 0.25) is 0 Å². The fourth-order valence-electron chi connectivity index (χ4n) is 4.90. The van der Waals surface area contributed by atoms with E-state index in [1.807, 2.05) is 18.2 Å². The molecule has 0 amide bonds. The first-order chi connectivity index (χ1) is 17.2. The number of rotatable bonds is 10. The van der Waals surface area contributed by atoms with E-state index in [2.05, 4.69) is 59.6 Å². The molecule has 0 bridgehead atoms. The van der Waals surface area contributed by atoms with Crippen LogP contribution in [0.25, 0.3) is 0 Å². The van der Waals surface area contributed by atoms with Crippen LogP contribution in [0.3, 0.4) is 0 Å². The molecule has 0 aromatic heterocycles. The van der Waals surface area contributed by atoms with Gasteiger partial charge in [-0.1, -0.05) is 78.8 Å². The van der Waals surface area contributed by atoms with E-state index < -0.39 is 0 Å². The summed E-state index contributed by atoms with van der Waals surface area (Å²) in [6, 6.07) is 10.7. The molecule has 0 saturated heterocycles. The zero-order chi connectivity index (χ0) is 24.0. The fourth-order valence-corrected chi connectivity index (χ4v) is 4.90. The smallest absolute Gasteiger partial charge is 0.181 e. The van der Waals surface area contributed by atoms with E-state index in [0.717, 1.165) is 24.3 Å². The highest BCUT2D eigenvalue weighted by Crippen LogP contribution is 2.29. The van der Waals surface area contributed by atoms with Crippen molar-refractivity contribution in [2.75, 3.05) is 0 Å². The SMILES string of the molecule is O=C(CCC1=CC2C=C(CCCCCc3ccccc3)C=CC2=N1)C1=CC(=O)C2C=CC=CC2=N1. The second kappa shape index (κ2) is 10.7. The van der Waals surface area contributed by atoms with Crippen molar-refractivity contribution in [2.24, 2.45) is 21.8 Å². The molecule has 2 aliphatic carbocycles. The van der Waals surface area contributed by atoms with Gasteiger partial charge in [-0.15, -0.1) is 0 Å². The van der Waals surface area contributed by atoms with Crippen molar-refractivity contribution < 1.29 is 9.59 Å². The Morgan fingerprint density at radius 1 is 0.829 bits per heavy atom. The maximum absolute atomic E-state index is 12.7. The molecular weight excluding hydrogens is 432 g/mol. The van der Waals surface area contributed by atoms with E-state index in [1.165, 1.54) is 36.5 Å². The summed E-state index contributed by atoms with van der Waals surface area (Å²) in [5.41, 5.74) is 5.69. The van der Waals surface area contributed by atoms with Crippen molar-refractivity contribution in [1.29, 1.82) is 0 Å². The third kappa shape index (κ3) is 5.71. The summed E-state index contributed by atoms with van der Waals surface area (Å²) >= 11 is 0. The minimum atomic E-state index is -0.347. The molecule has 0 spiro atoms. The Morgan fingerprint density at radius 3 is 2.57 bits per heavy atom. The predicted octanol–water partition coefficient (Wildman–Crippen LogP) is 6.24. The van der Waals surface area contributed by atoms with E-state index in [-0.39, 0.29) is 29.1 Å².